The number of carbonyl (C=O) groups is 2. The molecule has 1 amide bonds. The first-order valence-corrected chi connectivity index (χ1v) is 9.56. The van der Waals surface area contributed by atoms with Crippen LogP contribution < -0.4 is 40.0 Å². The molecule has 0 aromatic heterocycles. The third kappa shape index (κ3) is 13.6. The maximum absolute atomic E-state index is 12.0. The third-order valence-electron chi connectivity index (χ3n) is 4.19. The number of rotatable bonds is 14. The number of carboxylic acids is 1. The topological polar surface area (TPSA) is 102 Å². The Balaban J connectivity index is 0. The van der Waals surface area contributed by atoms with Crippen molar-refractivity contribution in [2.24, 2.45) is 10.9 Å². The molecule has 6 nitrogen and oxygen atoms in total. The van der Waals surface area contributed by atoms with Crippen LogP contribution in [0.3, 0.4) is 0 Å². The minimum atomic E-state index is -1.08. The van der Waals surface area contributed by atoms with Crippen LogP contribution in [0.15, 0.2) is 4.99 Å². The van der Waals surface area contributed by atoms with Gasteiger partial charge in [0.1, 0.15) is 12.1 Å². The van der Waals surface area contributed by atoms with Crippen LogP contribution in [0, 0.1) is 5.92 Å². The third-order valence-corrected chi connectivity index (χ3v) is 4.19. The van der Waals surface area contributed by atoms with E-state index in [0.717, 1.165) is 19.3 Å². The standard InChI is InChI=1S/C19H36N2O4.Na/c1-5-6-7-8-9-10-11-12-13-16(22)20-15(4)18(23)21-17(14(2)3)19(24)25;/h14-15,17H,5-13H2,1-4H3,(H,20,22)(H,21,23)(H,24,25);/q;+1/p-1/t15-,17-;/m0./s1. The Morgan fingerprint density at radius 1 is 1.00 bits per heavy atom. The van der Waals surface area contributed by atoms with Crippen LogP contribution in [0.2, 0.25) is 0 Å². The number of aliphatic carboxylic acids is 1. The van der Waals surface area contributed by atoms with Gasteiger partial charge in [-0.05, 0) is 31.6 Å². The molecule has 146 valence electrons. The fourth-order valence-corrected chi connectivity index (χ4v) is 2.54. The average molecular weight is 378 g/mol. The molecule has 7 heteroatoms. The number of aliphatic imine (C=N–C) groups is 1. The molecular formula is C19H35N2NaO4. The SMILES string of the molecule is CCCCCCCCCCC([O-])=N[C@@H](C)C(=O)N[C@H](C(=O)O)C(C)C.[Na+]. The first-order valence-electron chi connectivity index (χ1n) is 9.56. The predicted octanol–water partition coefficient (Wildman–Crippen LogP) is -0.106. The van der Waals surface area contributed by atoms with Gasteiger partial charge >= 0.3 is 35.5 Å². The zero-order chi connectivity index (χ0) is 19.2. The first kappa shape index (κ1) is 27.6. The summed E-state index contributed by atoms with van der Waals surface area (Å²) in [6.45, 7) is 7.14. The number of unbranched alkanes of at least 4 members (excludes halogenated alkanes) is 7. The maximum atomic E-state index is 12.0. The van der Waals surface area contributed by atoms with E-state index in [1.165, 1.54) is 39.0 Å². The molecule has 0 aliphatic carbocycles. The predicted molar refractivity (Wildman–Crippen MR) is 98.5 cm³/mol. The minimum Gasteiger partial charge on any atom is -0.862 e. The Labute approximate surface area is 180 Å². The van der Waals surface area contributed by atoms with Crippen molar-refractivity contribution in [3.05, 3.63) is 0 Å². The van der Waals surface area contributed by atoms with Crippen molar-refractivity contribution in [1.29, 1.82) is 0 Å². The van der Waals surface area contributed by atoms with Crippen LogP contribution in [-0.4, -0.2) is 35.0 Å². The molecule has 0 heterocycles. The van der Waals surface area contributed by atoms with Crippen LogP contribution in [-0.2, 0) is 9.59 Å². The van der Waals surface area contributed by atoms with E-state index in [1.807, 2.05) is 0 Å². The van der Waals surface area contributed by atoms with Gasteiger partial charge in [-0.1, -0.05) is 65.7 Å². The maximum Gasteiger partial charge on any atom is 1.00 e. The molecule has 0 bridgehead atoms. The Kier molecular flexibility index (Phi) is 17.6. The van der Waals surface area contributed by atoms with Crippen molar-refractivity contribution in [2.75, 3.05) is 0 Å². The van der Waals surface area contributed by atoms with Crippen LogP contribution in [0.4, 0.5) is 0 Å². The van der Waals surface area contributed by atoms with Crippen molar-refractivity contribution >= 4 is 17.8 Å². The summed E-state index contributed by atoms with van der Waals surface area (Å²) in [7, 11) is 0. The summed E-state index contributed by atoms with van der Waals surface area (Å²) >= 11 is 0. The van der Waals surface area contributed by atoms with Crippen LogP contribution in [0.25, 0.3) is 0 Å². The Bertz CT molecular complexity index is 428. The molecule has 0 fully saturated rings. The molecular weight excluding hydrogens is 343 g/mol. The zero-order valence-corrected chi connectivity index (χ0v) is 19.2. The number of nitrogens with one attached hydrogen (secondary N) is 1. The summed E-state index contributed by atoms with van der Waals surface area (Å²) in [4.78, 5) is 26.9. The molecule has 0 saturated carbocycles. The second-order valence-corrected chi connectivity index (χ2v) is 6.99. The fraction of sp³-hybridized carbons (Fsp3) is 0.842. The number of hydrogen-bond acceptors (Lipinski definition) is 4. The molecule has 0 aliphatic rings. The Hall–Kier alpha value is -0.590. The molecule has 0 saturated heterocycles. The zero-order valence-electron chi connectivity index (χ0n) is 17.2. The summed E-state index contributed by atoms with van der Waals surface area (Å²) in [5.41, 5.74) is 0. The van der Waals surface area contributed by atoms with Gasteiger partial charge in [0.2, 0.25) is 5.91 Å². The quantitative estimate of drug-likeness (QED) is 0.191. The van der Waals surface area contributed by atoms with Crippen LogP contribution in [0.1, 0.15) is 85.5 Å². The normalized spacial score (nSPS) is 13.8. The molecule has 0 spiro atoms. The molecule has 0 aromatic carbocycles. The van der Waals surface area contributed by atoms with Gasteiger partial charge in [-0.3, -0.25) is 9.79 Å². The molecule has 2 N–H and O–H groups in total. The second-order valence-electron chi connectivity index (χ2n) is 6.99. The van der Waals surface area contributed by atoms with Gasteiger partial charge in [0.25, 0.3) is 0 Å². The van der Waals surface area contributed by atoms with Gasteiger partial charge in [0.05, 0.1) is 0 Å². The van der Waals surface area contributed by atoms with Gasteiger partial charge in [-0.2, -0.15) is 0 Å². The van der Waals surface area contributed by atoms with Crippen molar-refractivity contribution in [1.82, 2.24) is 5.32 Å². The van der Waals surface area contributed by atoms with E-state index in [9.17, 15) is 14.7 Å². The van der Waals surface area contributed by atoms with Crippen LogP contribution in [0.5, 0.6) is 0 Å². The molecule has 2 atom stereocenters. The minimum absolute atomic E-state index is 0. The molecule has 26 heavy (non-hydrogen) atoms. The Morgan fingerprint density at radius 2 is 1.50 bits per heavy atom. The smallest absolute Gasteiger partial charge is 0.862 e. The van der Waals surface area contributed by atoms with E-state index >= 15 is 0 Å². The van der Waals surface area contributed by atoms with E-state index in [-0.39, 0.29) is 41.4 Å². The van der Waals surface area contributed by atoms with Crippen molar-refractivity contribution in [2.45, 2.75) is 97.6 Å². The van der Waals surface area contributed by atoms with E-state index in [4.69, 9.17) is 5.11 Å². The number of carbonyl (C=O) groups excluding carboxylic acids is 1. The van der Waals surface area contributed by atoms with Gasteiger partial charge in [0, 0.05) is 0 Å². The number of carboxylic acid groups (broad SMARTS) is 1. The summed E-state index contributed by atoms with van der Waals surface area (Å²) in [5.74, 6) is -2.13. The van der Waals surface area contributed by atoms with Crippen LogP contribution >= 0.6 is 0 Å². The average Bonchev–Trinajstić information content (AvgIpc) is 2.54. The molecule has 0 unspecified atom stereocenters. The van der Waals surface area contributed by atoms with E-state index in [0.29, 0.717) is 6.42 Å². The van der Waals surface area contributed by atoms with Gasteiger partial charge in [-0.15, -0.1) is 0 Å². The van der Waals surface area contributed by atoms with Gasteiger partial charge < -0.3 is 15.5 Å². The number of hydrogen-bond donors (Lipinski definition) is 2. The van der Waals surface area contributed by atoms with Gasteiger partial charge in [0.15, 0.2) is 0 Å². The van der Waals surface area contributed by atoms with Crippen molar-refractivity contribution < 1.29 is 49.4 Å². The molecule has 0 radical (unpaired) electrons. The fourth-order valence-electron chi connectivity index (χ4n) is 2.54. The summed E-state index contributed by atoms with van der Waals surface area (Å²) in [5, 5.41) is 23.3. The second kappa shape index (κ2) is 16.6. The van der Waals surface area contributed by atoms with Gasteiger partial charge in [-0.25, -0.2) is 4.79 Å². The molecule has 0 rings (SSSR count). The number of nitrogens with zero attached hydrogens (tertiary/aromatic N) is 1. The summed E-state index contributed by atoms with van der Waals surface area (Å²) in [6, 6.07) is -1.82. The van der Waals surface area contributed by atoms with E-state index in [2.05, 4.69) is 17.2 Å². The summed E-state index contributed by atoms with van der Waals surface area (Å²) < 4.78 is 0. The van der Waals surface area contributed by atoms with Crippen molar-refractivity contribution in [3.63, 3.8) is 0 Å². The number of amides is 1. The molecule has 0 aliphatic heterocycles. The first-order chi connectivity index (χ1) is 11.8. The Morgan fingerprint density at radius 3 is 1.96 bits per heavy atom. The van der Waals surface area contributed by atoms with Crippen molar-refractivity contribution in [3.8, 4) is 0 Å². The summed E-state index contributed by atoms with van der Waals surface area (Å²) in [6.07, 6.45) is 9.53. The largest absolute Gasteiger partial charge is 1.00 e. The molecule has 0 aromatic rings. The van der Waals surface area contributed by atoms with E-state index in [1.54, 1.807) is 13.8 Å². The van der Waals surface area contributed by atoms with E-state index < -0.39 is 24.0 Å². The monoisotopic (exact) mass is 378 g/mol.